The lowest BCUT2D eigenvalue weighted by molar-refractivity contribution is 0.0412. The van der Waals surface area contributed by atoms with Crippen molar-refractivity contribution in [2.24, 2.45) is 0 Å². The maximum Gasteiger partial charge on any atom is 0.254 e. The van der Waals surface area contributed by atoms with E-state index in [-0.39, 0.29) is 11.8 Å². The van der Waals surface area contributed by atoms with Gasteiger partial charge in [0.2, 0.25) is 0 Å². The molecule has 1 aromatic heterocycles. The number of piperidine rings is 1. The van der Waals surface area contributed by atoms with Gasteiger partial charge >= 0.3 is 0 Å². The van der Waals surface area contributed by atoms with E-state index in [1.54, 1.807) is 0 Å². The van der Waals surface area contributed by atoms with Gasteiger partial charge in [0.05, 0.1) is 11.4 Å². The number of likely N-dealkylation sites (tertiary alicyclic amines) is 1. The van der Waals surface area contributed by atoms with Crippen LogP contribution in [0.2, 0.25) is 0 Å². The zero-order valence-corrected chi connectivity index (χ0v) is 26.4. The molecule has 0 aliphatic carbocycles. The van der Waals surface area contributed by atoms with Crippen LogP contribution in [0, 0.1) is 0 Å². The van der Waals surface area contributed by atoms with Crippen LogP contribution in [0.3, 0.4) is 0 Å². The summed E-state index contributed by atoms with van der Waals surface area (Å²) in [4.78, 5) is 40.8. The summed E-state index contributed by atoms with van der Waals surface area (Å²) in [5.74, 6) is 0.177. The van der Waals surface area contributed by atoms with Gasteiger partial charge in [0.25, 0.3) is 11.8 Å². The highest BCUT2D eigenvalue weighted by Gasteiger charge is 2.31. The van der Waals surface area contributed by atoms with Crippen LogP contribution in [0.1, 0.15) is 47.4 Å². The Morgan fingerprint density at radius 3 is 1.64 bits per heavy atom. The number of carbonyl (C=O) groups is 2. The molecule has 0 unspecified atom stereocenters. The first-order valence-electron chi connectivity index (χ1n) is 16.3. The van der Waals surface area contributed by atoms with Crippen molar-refractivity contribution in [2.75, 3.05) is 57.3 Å². The van der Waals surface area contributed by atoms with Gasteiger partial charge in [0, 0.05) is 86.3 Å². The zero-order valence-electron chi connectivity index (χ0n) is 26.4. The SMILES string of the molecule is CCN(CC)c1ccc(C(=O)N2CCC(N3CCN(C(=O)c4cc(-c5ccccc5)nc(-c5ccccc5)c4)CC3)CC2)cc1. The van der Waals surface area contributed by atoms with Crippen molar-refractivity contribution in [3.63, 3.8) is 0 Å². The molecule has 0 spiro atoms. The summed E-state index contributed by atoms with van der Waals surface area (Å²) in [5, 5.41) is 0. The highest BCUT2D eigenvalue weighted by molar-refractivity contribution is 5.96. The predicted molar refractivity (Wildman–Crippen MR) is 182 cm³/mol. The van der Waals surface area contributed by atoms with Crippen molar-refractivity contribution in [3.05, 3.63) is 108 Å². The highest BCUT2D eigenvalue weighted by atomic mass is 16.2. The third-order valence-electron chi connectivity index (χ3n) is 9.32. The second-order valence-corrected chi connectivity index (χ2v) is 11.9. The molecule has 2 aliphatic rings. The average Bonchev–Trinajstić information content (AvgIpc) is 3.12. The molecule has 2 fully saturated rings. The minimum atomic E-state index is 0.0545. The van der Waals surface area contributed by atoms with Crippen molar-refractivity contribution in [3.8, 4) is 22.5 Å². The van der Waals surface area contributed by atoms with Crippen LogP contribution in [-0.2, 0) is 0 Å². The Kier molecular flexibility index (Phi) is 9.55. The summed E-state index contributed by atoms with van der Waals surface area (Å²) in [6.07, 6.45) is 1.92. The van der Waals surface area contributed by atoms with E-state index in [0.29, 0.717) is 24.7 Å². The Morgan fingerprint density at radius 2 is 1.13 bits per heavy atom. The van der Waals surface area contributed by atoms with Gasteiger partial charge in [-0.1, -0.05) is 60.7 Å². The minimum absolute atomic E-state index is 0.0545. The number of benzene rings is 3. The highest BCUT2D eigenvalue weighted by Crippen LogP contribution is 2.27. The molecule has 45 heavy (non-hydrogen) atoms. The number of rotatable bonds is 8. The average molecular weight is 602 g/mol. The monoisotopic (exact) mass is 601 g/mol. The molecule has 7 nitrogen and oxygen atoms in total. The third-order valence-corrected chi connectivity index (χ3v) is 9.32. The van der Waals surface area contributed by atoms with Crippen LogP contribution >= 0.6 is 0 Å². The summed E-state index contributed by atoms with van der Waals surface area (Å²) < 4.78 is 0. The molecule has 0 N–H and O–H groups in total. The van der Waals surface area contributed by atoms with Crippen molar-refractivity contribution in [1.29, 1.82) is 0 Å². The molecule has 6 rings (SSSR count). The number of hydrogen-bond acceptors (Lipinski definition) is 5. The molecular weight excluding hydrogens is 558 g/mol. The summed E-state index contributed by atoms with van der Waals surface area (Å²) in [6, 6.07) is 32.5. The first-order valence-corrected chi connectivity index (χ1v) is 16.3. The van der Waals surface area contributed by atoms with Crippen molar-refractivity contribution in [1.82, 2.24) is 19.7 Å². The van der Waals surface area contributed by atoms with Crippen LogP contribution < -0.4 is 4.90 Å². The lowest BCUT2D eigenvalue weighted by Crippen LogP contribution is -2.54. The van der Waals surface area contributed by atoms with Gasteiger partial charge in [-0.25, -0.2) is 4.98 Å². The first kappa shape index (κ1) is 30.5. The summed E-state index contributed by atoms with van der Waals surface area (Å²) in [7, 11) is 0. The predicted octanol–water partition coefficient (Wildman–Crippen LogP) is 6.32. The molecule has 2 aliphatic heterocycles. The second kappa shape index (κ2) is 14.1. The second-order valence-electron chi connectivity index (χ2n) is 11.9. The van der Waals surface area contributed by atoms with Gasteiger partial charge in [0.15, 0.2) is 0 Å². The normalized spacial score (nSPS) is 16.0. The van der Waals surface area contributed by atoms with Gasteiger partial charge in [-0.05, 0) is 63.1 Å². The maximum atomic E-state index is 13.8. The number of anilines is 1. The van der Waals surface area contributed by atoms with Crippen molar-refractivity contribution in [2.45, 2.75) is 32.7 Å². The number of piperazine rings is 1. The topological polar surface area (TPSA) is 60.0 Å². The third kappa shape index (κ3) is 6.94. The molecule has 2 saturated heterocycles. The van der Waals surface area contributed by atoms with E-state index in [4.69, 9.17) is 4.98 Å². The number of nitrogens with zero attached hydrogens (tertiary/aromatic N) is 5. The molecule has 232 valence electrons. The van der Waals surface area contributed by atoms with Crippen molar-refractivity contribution >= 4 is 17.5 Å². The molecule has 2 amide bonds. The molecule has 0 saturated carbocycles. The number of carbonyl (C=O) groups excluding carboxylic acids is 2. The van der Waals surface area contributed by atoms with Gasteiger partial charge in [-0.15, -0.1) is 0 Å². The number of pyridine rings is 1. The fraction of sp³-hybridized carbons (Fsp3) is 0.342. The van der Waals surface area contributed by atoms with Crippen LogP contribution in [-0.4, -0.2) is 89.9 Å². The van der Waals surface area contributed by atoms with E-state index in [0.717, 1.165) is 85.9 Å². The Morgan fingerprint density at radius 1 is 0.644 bits per heavy atom. The Hall–Kier alpha value is -4.49. The first-order chi connectivity index (χ1) is 22.0. The smallest absolute Gasteiger partial charge is 0.254 e. The van der Waals surface area contributed by atoms with E-state index < -0.39 is 0 Å². The van der Waals surface area contributed by atoms with Crippen LogP contribution in [0.25, 0.3) is 22.5 Å². The standard InChI is InChI=1S/C38H43N5O2/c1-3-40(4-2)33-17-15-31(16-18-33)37(44)42-21-19-34(20-22-42)41-23-25-43(26-24-41)38(45)32-27-35(29-11-7-5-8-12-29)39-36(28-32)30-13-9-6-10-14-30/h5-18,27-28,34H,3-4,19-26H2,1-2H3. The number of amides is 2. The Balaban J connectivity index is 1.06. The summed E-state index contributed by atoms with van der Waals surface area (Å²) in [6.45, 7) is 10.8. The molecule has 7 heteroatoms. The minimum Gasteiger partial charge on any atom is -0.372 e. The lowest BCUT2D eigenvalue weighted by atomic mass is 10.0. The molecule has 0 atom stereocenters. The van der Waals surface area contributed by atoms with E-state index in [2.05, 4.69) is 35.8 Å². The fourth-order valence-corrected chi connectivity index (χ4v) is 6.66. The summed E-state index contributed by atoms with van der Waals surface area (Å²) >= 11 is 0. The molecule has 3 heterocycles. The molecule has 4 aromatic rings. The zero-order chi connectivity index (χ0) is 31.2. The largest absolute Gasteiger partial charge is 0.372 e. The van der Waals surface area contributed by atoms with E-state index in [1.807, 2.05) is 94.7 Å². The van der Waals surface area contributed by atoms with E-state index in [9.17, 15) is 9.59 Å². The van der Waals surface area contributed by atoms with Crippen LogP contribution in [0.4, 0.5) is 5.69 Å². The van der Waals surface area contributed by atoms with Gasteiger partial charge in [0.1, 0.15) is 0 Å². The number of hydrogen-bond donors (Lipinski definition) is 0. The Bertz CT molecular complexity index is 1510. The van der Waals surface area contributed by atoms with Gasteiger partial charge in [-0.3, -0.25) is 14.5 Å². The van der Waals surface area contributed by atoms with Crippen molar-refractivity contribution < 1.29 is 9.59 Å². The molecule has 0 bridgehead atoms. The van der Waals surface area contributed by atoms with E-state index >= 15 is 0 Å². The van der Waals surface area contributed by atoms with Gasteiger partial charge < -0.3 is 14.7 Å². The molecule has 0 radical (unpaired) electrons. The molecular formula is C38H43N5O2. The lowest BCUT2D eigenvalue weighted by Gasteiger charge is -2.42. The maximum absolute atomic E-state index is 13.8. The molecule has 3 aromatic carbocycles. The van der Waals surface area contributed by atoms with Crippen LogP contribution in [0.15, 0.2) is 97.1 Å². The van der Waals surface area contributed by atoms with Crippen LogP contribution in [0.5, 0.6) is 0 Å². The van der Waals surface area contributed by atoms with E-state index in [1.165, 1.54) is 0 Å². The summed E-state index contributed by atoms with van der Waals surface area (Å²) in [5.41, 5.74) is 6.20. The fourth-order valence-electron chi connectivity index (χ4n) is 6.66. The van der Waals surface area contributed by atoms with Gasteiger partial charge in [-0.2, -0.15) is 0 Å². The quantitative estimate of drug-likeness (QED) is 0.237. The number of aromatic nitrogens is 1. The Labute approximate surface area is 267 Å².